The van der Waals surface area contributed by atoms with Crippen molar-refractivity contribution in [2.45, 2.75) is 0 Å². The molecule has 9 heteroatoms. The number of amides is 4. The molecule has 3 aromatic rings. The van der Waals surface area contributed by atoms with E-state index in [2.05, 4.69) is 27.9 Å². The van der Waals surface area contributed by atoms with Crippen LogP contribution in [0.5, 0.6) is 11.5 Å². The van der Waals surface area contributed by atoms with Crippen LogP contribution in [0.25, 0.3) is 6.08 Å². The third kappa shape index (κ3) is 4.84. The molecule has 0 atom stereocenters. The minimum atomic E-state index is -0.825. The first-order valence-electron chi connectivity index (χ1n) is 9.99. The first-order valence-corrected chi connectivity index (χ1v) is 11.1. The second-order valence-corrected chi connectivity index (χ2v) is 8.35. The average molecular weight is 568 g/mol. The molecule has 1 aliphatic rings. The number of urea groups is 1. The van der Waals surface area contributed by atoms with Gasteiger partial charge in [-0.3, -0.25) is 14.9 Å². The Balaban J connectivity index is 1.62. The van der Waals surface area contributed by atoms with Gasteiger partial charge in [-0.05, 0) is 82.8 Å². The van der Waals surface area contributed by atoms with E-state index in [1.165, 1.54) is 25.3 Å². The Hall–Kier alpha value is -3.99. The van der Waals surface area contributed by atoms with E-state index in [-0.39, 0.29) is 17.1 Å². The highest BCUT2D eigenvalue weighted by atomic mass is 127. The summed E-state index contributed by atoms with van der Waals surface area (Å²) in [5.74, 6) is -1.72. The van der Waals surface area contributed by atoms with Crippen molar-refractivity contribution in [3.8, 4) is 11.5 Å². The molecule has 3 aromatic carbocycles. The van der Waals surface area contributed by atoms with Gasteiger partial charge in [0.1, 0.15) is 5.57 Å². The van der Waals surface area contributed by atoms with Gasteiger partial charge in [0.05, 0.1) is 18.4 Å². The number of hydrogen-bond acceptors (Lipinski definition) is 6. The normalized spacial score (nSPS) is 14.7. The summed E-state index contributed by atoms with van der Waals surface area (Å²) in [6, 6.07) is 19.0. The lowest BCUT2D eigenvalue weighted by atomic mass is 10.1. The van der Waals surface area contributed by atoms with E-state index in [4.69, 9.17) is 9.47 Å². The van der Waals surface area contributed by atoms with E-state index in [1.54, 1.807) is 60.7 Å². The fourth-order valence-electron chi connectivity index (χ4n) is 3.24. The van der Waals surface area contributed by atoms with Crippen molar-refractivity contribution < 1.29 is 28.7 Å². The van der Waals surface area contributed by atoms with Crippen LogP contribution in [0.15, 0.2) is 78.4 Å². The fraction of sp³-hybridized carbons (Fsp3) is 0.0400. The molecule has 0 saturated carbocycles. The largest absolute Gasteiger partial charge is 0.493 e. The quantitative estimate of drug-likeness (QED) is 0.163. The summed E-state index contributed by atoms with van der Waals surface area (Å²) in [5, 5.41) is 2.18. The van der Waals surface area contributed by atoms with E-state index in [1.807, 2.05) is 0 Å². The van der Waals surface area contributed by atoms with Gasteiger partial charge in [0.25, 0.3) is 11.8 Å². The van der Waals surface area contributed by atoms with Crippen LogP contribution in [0.3, 0.4) is 0 Å². The van der Waals surface area contributed by atoms with E-state index < -0.39 is 23.8 Å². The maximum absolute atomic E-state index is 13.0. The van der Waals surface area contributed by atoms with Crippen LogP contribution in [0.4, 0.5) is 10.5 Å². The highest BCUT2D eigenvalue weighted by molar-refractivity contribution is 14.1. The number of benzene rings is 3. The number of anilines is 1. The number of rotatable bonds is 5. The Morgan fingerprint density at radius 2 is 1.65 bits per heavy atom. The monoisotopic (exact) mass is 568 g/mol. The summed E-state index contributed by atoms with van der Waals surface area (Å²) in [5.41, 5.74) is 0.920. The molecule has 1 N–H and O–H groups in total. The summed E-state index contributed by atoms with van der Waals surface area (Å²) in [4.78, 5) is 51.1. The maximum Gasteiger partial charge on any atom is 0.343 e. The molecule has 0 aliphatic carbocycles. The Bertz CT molecular complexity index is 1320. The van der Waals surface area contributed by atoms with Crippen LogP contribution < -0.4 is 19.7 Å². The minimum absolute atomic E-state index is 0.175. The number of nitrogens with zero attached hydrogens (tertiary/aromatic N) is 1. The Labute approximate surface area is 208 Å². The molecule has 0 bridgehead atoms. The Morgan fingerprint density at radius 1 is 0.941 bits per heavy atom. The van der Waals surface area contributed by atoms with Crippen molar-refractivity contribution in [2.24, 2.45) is 0 Å². The van der Waals surface area contributed by atoms with Gasteiger partial charge in [-0.2, -0.15) is 0 Å². The molecule has 1 heterocycles. The van der Waals surface area contributed by atoms with Gasteiger partial charge < -0.3 is 9.47 Å². The van der Waals surface area contributed by atoms with Crippen molar-refractivity contribution in [1.29, 1.82) is 0 Å². The molecule has 8 nitrogen and oxygen atoms in total. The van der Waals surface area contributed by atoms with Crippen LogP contribution in [-0.4, -0.2) is 30.9 Å². The molecule has 1 saturated heterocycles. The highest BCUT2D eigenvalue weighted by Gasteiger charge is 2.36. The number of nitrogens with one attached hydrogen (secondary N) is 1. The van der Waals surface area contributed by atoms with Crippen LogP contribution >= 0.6 is 22.6 Å². The summed E-state index contributed by atoms with van der Waals surface area (Å²) >= 11 is 2.11. The first-order chi connectivity index (χ1) is 16.4. The average Bonchev–Trinajstić information content (AvgIpc) is 2.84. The van der Waals surface area contributed by atoms with Gasteiger partial charge in [0, 0.05) is 3.57 Å². The van der Waals surface area contributed by atoms with Crippen LogP contribution in [-0.2, 0) is 9.59 Å². The number of halogens is 1. The summed E-state index contributed by atoms with van der Waals surface area (Å²) in [6.07, 6.45) is 1.34. The van der Waals surface area contributed by atoms with E-state index in [0.29, 0.717) is 16.8 Å². The Kier molecular flexibility index (Phi) is 6.73. The fourth-order valence-corrected chi connectivity index (χ4v) is 3.60. The summed E-state index contributed by atoms with van der Waals surface area (Å²) in [6.45, 7) is 0. The van der Waals surface area contributed by atoms with E-state index in [9.17, 15) is 19.2 Å². The number of methoxy groups -OCH3 is 1. The molecule has 4 amide bonds. The molecular formula is C25H17IN2O6. The SMILES string of the molecule is COc1cc(/C=C2\C(=O)NC(=O)N(c3ccc(I)cc3)C2=O)ccc1OC(=O)c1ccccc1. The second kappa shape index (κ2) is 9.87. The zero-order valence-electron chi connectivity index (χ0n) is 17.8. The van der Waals surface area contributed by atoms with Crippen molar-refractivity contribution in [3.63, 3.8) is 0 Å². The van der Waals surface area contributed by atoms with Gasteiger partial charge in [-0.25, -0.2) is 14.5 Å². The second-order valence-electron chi connectivity index (χ2n) is 7.10. The molecule has 0 radical (unpaired) electrons. The van der Waals surface area contributed by atoms with Gasteiger partial charge in [0.2, 0.25) is 0 Å². The lowest BCUT2D eigenvalue weighted by molar-refractivity contribution is -0.122. The number of esters is 1. The molecule has 0 unspecified atom stereocenters. The third-order valence-corrected chi connectivity index (χ3v) is 5.62. The zero-order valence-corrected chi connectivity index (χ0v) is 19.9. The lowest BCUT2D eigenvalue weighted by Gasteiger charge is -2.26. The van der Waals surface area contributed by atoms with Gasteiger partial charge in [-0.15, -0.1) is 0 Å². The summed E-state index contributed by atoms with van der Waals surface area (Å²) < 4.78 is 11.7. The molecule has 4 rings (SSSR count). The number of hydrogen-bond donors (Lipinski definition) is 1. The Morgan fingerprint density at radius 3 is 2.32 bits per heavy atom. The number of ether oxygens (including phenoxy) is 2. The zero-order chi connectivity index (χ0) is 24.2. The van der Waals surface area contributed by atoms with Crippen LogP contribution in [0, 0.1) is 3.57 Å². The standard InChI is InChI=1S/C25H17IN2O6/c1-33-21-14-15(7-12-20(21)34-24(31)16-5-3-2-4-6-16)13-19-22(29)27-25(32)28(23(19)30)18-10-8-17(26)9-11-18/h2-14H,1H3,(H,27,29,32)/b19-13+. The first kappa shape index (κ1) is 23.2. The van der Waals surface area contributed by atoms with Crippen molar-refractivity contribution >= 4 is 58.2 Å². The predicted molar refractivity (Wildman–Crippen MR) is 133 cm³/mol. The molecule has 170 valence electrons. The number of carbonyl (C=O) groups is 4. The number of barbiturate groups is 1. The highest BCUT2D eigenvalue weighted by Crippen LogP contribution is 2.30. The lowest BCUT2D eigenvalue weighted by Crippen LogP contribution is -2.54. The van der Waals surface area contributed by atoms with Crippen LogP contribution in [0.1, 0.15) is 15.9 Å². The topological polar surface area (TPSA) is 102 Å². The van der Waals surface area contributed by atoms with Gasteiger partial charge in [0.15, 0.2) is 11.5 Å². The molecule has 0 spiro atoms. The third-order valence-electron chi connectivity index (χ3n) is 4.90. The van der Waals surface area contributed by atoms with Crippen molar-refractivity contribution in [2.75, 3.05) is 12.0 Å². The molecule has 34 heavy (non-hydrogen) atoms. The minimum Gasteiger partial charge on any atom is -0.493 e. The van der Waals surface area contributed by atoms with E-state index >= 15 is 0 Å². The number of imide groups is 2. The smallest absolute Gasteiger partial charge is 0.343 e. The molecule has 1 fully saturated rings. The van der Waals surface area contributed by atoms with E-state index in [0.717, 1.165) is 8.47 Å². The summed E-state index contributed by atoms with van der Waals surface area (Å²) in [7, 11) is 1.40. The predicted octanol–water partition coefficient (Wildman–Crippen LogP) is 4.19. The van der Waals surface area contributed by atoms with Crippen molar-refractivity contribution in [3.05, 3.63) is 93.1 Å². The van der Waals surface area contributed by atoms with Gasteiger partial charge in [-0.1, -0.05) is 24.3 Å². The van der Waals surface area contributed by atoms with Crippen LogP contribution in [0.2, 0.25) is 0 Å². The molecule has 1 aliphatic heterocycles. The van der Waals surface area contributed by atoms with Crippen molar-refractivity contribution in [1.82, 2.24) is 5.32 Å². The number of carbonyl (C=O) groups excluding carboxylic acids is 4. The van der Waals surface area contributed by atoms with Gasteiger partial charge >= 0.3 is 12.0 Å². The molecule has 0 aromatic heterocycles. The maximum atomic E-state index is 13.0. The molecular weight excluding hydrogens is 551 g/mol.